The van der Waals surface area contributed by atoms with Gasteiger partial charge in [0, 0.05) is 12.6 Å². The second kappa shape index (κ2) is 3.62. The van der Waals surface area contributed by atoms with Gasteiger partial charge in [-0.25, -0.2) is 0 Å². The van der Waals surface area contributed by atoms with Crippen LogP contribution in [0.5, 0.6) is 5.75 Å². The normalized spacial score (nSPS) is 20.8. The van der Waals surface area contributed by atoms with Crippen LogP contribution >= 0.6 is 0 Å². The molecule has 2 heteroatoms. The number of phenols is 1. The lowest BCUT2D eigenvalue weighted by molar-refractivity contribution is 0.475. The number of benzene rings is 1. The van der Waals surface area contributed by atoms with Gasteiger partial charge in [0.1, 0.15) is 5.75 Å². The highest BCUT2D eigenvalue weighted by molar-refractivity contribution is 5.27. The van der Waals surface area contributed by atoms with Crippen LogP contribution in [-0.2, 0) is 6.42 Å². The zero-order valence-electron chi connectivity index (χ0n) is 7.40. The largest absolute Gasteiger partial charge is 0.508 e. The van der Waals surface area contributed by atoms with Gasteiger partial charge in [-0.1, -0.05) is 24.3 Å². The van der Waals surface area contributed by atoms with Crippen LogP contribution in [0.3, 0.4) is 0 Å². The topological polar surface area (TPSA) is 32.3 Å². The van der Waals surface area contributed by atoms with Crippen molar-refractivity contribution in [3.63, 3.8) is 0 Å². The standard InChI is InChI=1S/C11H13NO/c13-11-5-3-9(4-6-11)8-10-2-1-7-12-10/h1-6,10,12-13H,7-8H2. The Balaban J connectivity index is 2.01. The Morgan fingerprint density at radius 2 is 2.08 bits per heavy atom. The van der Waals surface area contributed by atoms with E-state index in [9.17, 15) is 0 Å². The third kappa shape index (κ3) is 2.10. The number of hydrogen-bond acceptors (Lipinski definition) is 2. The summed E-state index contributed by atoms with van der Waals surface area (Å²) < 4.78 is 0. The van der Waals surface area contributed by atoms with Crippen LogP contribution < -0.4 is 5.32 Å². The molecule has 0 saturated heterocycles. The van der Waals surface area contributed by atoms with Gasteiger partial charge in [0.25, 0.3) is 0 Å². The van der Waals surface area contributed by atoms with Crippen LogP contribution in [0.15, 0.2) is 36.4 Å². The number of phenolic OH excluding ortho intramolecular Hbond substituents is 1. The summed E-state index contributed by atoms with van der Waals surface area (Å²) in [5, 5.41) is 12.4. The highest BCUT2D eigenvalue weighted by Gasteiger charge is 2.08. The molecule has 1 aromatic rings. The summed E-state index contributed by atoms with van der Waals surface area (Å²) in [6, 6.07) is 7.85. The molecule has 0 bridgehead atoms. The molecule has 0 spiro atoms. The number of nitrogens with one attached hydrogen (secondary N) is 1. The van der Waals surface area contributed by atoms with Crippen molar-refractivity contribution >= 4 is 0 Å². The third-order valence-electron chi connectivity index (χ3n) is 2.26. The van der Waals surface area contributed by atoms with Crippen molar-refractivity contribution < 1.29 is 5.11 Å². The Hall–Kier alpha value is -1.28. The average Bonchev–Trinajstić information content (AvgIpc) is 2.62. The summed E-state index contributed by atoms with van der Waals surface area (Å²) in [7, 11) is 0. The zero-order chi connectivity index (χ0) is 9.10. The van der Waals surface area contributed by atoms with Crippen LogP contribution in [0, 0.1) is 0 Å². The maximum absolute atomic E-state index is 9.09. The highest BCUT2D eigenvalue weighted by atomic mass is 16.3. The van der Waals surface area contributed by atoms with Crippen molar-refractivity contribution in [1.29, 1.82) is 0 Å². The van der Waals surface area contributed by atoms with E-state index >= 15 is 0 Å². The first-order valence-electron chi connectivity index (χ1n) is 4.52. The molecule has 1 aliphatic rings. The Labute approximate surface area is 77.9 Å². The van der Waals surface area contributed by atoms with Crippen molar-refractivity contribution in [2.45, 2.75) is 12.5 Å². The van der Waals surface area contributed by atoms with Crippen LogP contribution in [-0.4, -0.2) is 17.7 Å². The third-order valence-corrected chi connectivity index (χ3v) is 2.26. The van der Waals surface area contributed by atoms with Gasteiger partial charge in [0.05, 0.1) is 0 Å². The lowest BCUT2D eigenvalue weighted by Gasteiger charge is -2.08. The molecule has 0 radical (unpaired) electrons. The molecule has 2 N–H and O–H groups in total. The molecule has 2 rings (SSSR count). The molecule has 1 atom stereocenters. The van der Waals surface area contributed by atoms with Crippen LogP contribution in [0.25, 0.3) is 0 Å². The van der Waals surface area contributed by atoms with Gasteiger partial charge < -0.3 is 10.4 Å². The van der Waals surface area contributed by atoms with Gasteiger partial charge in [-0.05, 0) is 24.1 Å². The van der Waals surface area contributed by atoms with Crippen LogP contribution in [0.2, 0.25) is 0 Å². The second-order valence-electron chi connectivity index (χ2n) is 3.31. The Bertz CT molecular complexity index is 302. The smallest absolute Gasteiger partial charge is 0.115 e. The molecule has 0 fully saturated rings. The van der Waals surface area contributed by atoms with Crippen LogP contribution in [0.4, 0.5) is 0 Å². The molecule has 0 aromatic heterocycles. The van der Waals surface area contributed by atoms with Gasteiger partial charge in [-0.15, -0.1) is 0 Å². The molecule has 2 nitrogen and oxygen atoms in total. The lowest BCUT2D eigenvalue weighted by atomic mass is 10.1. The molecular weight excluding hydrogens is 162 g/mol. The molecule has 68 valence electrons. The molecule has 1 aromatic carbocycles. The van der Waals surface area contributed by atoms with E-state index in [2.05, 4.69) is 17.5 Å². The second-order valence-corrected chi connectivity index (χ2v) is 3.31. The SMILES string of the molecule is Oc1ccc(CC2C=CCN2)cc1. The fraction of sp³-hybridized carbons (Fsp3) is 0.273. The minimum Gasteiger partial charge on any atom is -0.508 e. The van der Waals surface area contributed by atoms with E-state index in [-0.39, 0.29) is 0 Å². The van der Waals surface area contributed by atoms with Crippen molar-refractivity contribution in [2.75, 3.05) is 6.54 Å². The Kier molecular flexibility index (Phi) is 2.32. The van der Waals surface area contributed by atoms with Crippen molar-refractivity contribution in [2.24, 2.45) is 0 Å². The fourth-order valence-electron chi connectivity index (χ4n) is 1.55. The molecule has 0 aliphatic carbocycles. The number of rotatable bonds is 2. The highest BCUT2D eigenvalue weighted by Crippen LogP contribution is 2.12. The fourth-order valence-corrected chi connectivity index (χ4v) is 1.55. The predicted molar refractivity (Wildman–Crippen MR) is 52.7 cm³/mol. The van der Waals surface area contributed by atoms with Gasteiger partial charge in [0.15, 0.2) is 0 Å². The summed E-state index contributed by atoms with van der Waals surface area (Å²) >= 11 is 0. The molecular formula is C11H13NO. The van der Waals surface area contributed by atoms with E-state index in [0.717, 1.165) is 13.0 Å². The maximum atomic E-state index is 9.09. The molecule has 0 amide bonds. The summed E-state index contributed by atoms with van der Waals surface area (Å²) in [6.45, 7) is 0.975. The first kappa shape index (κ1) is 8.32. The van der Waals surface area contributed by atoms with E-state index in [0.29, 0.717) is 11.8 Å². The molecule has 1 heterocycles. The Morgan fingerprint density at radius 3 is 2.69 bits per heavy atom. The summed E-state index contributed by atoms with van der Waals surface area (Å²) in [6.07, 6.45) is 5.33. The van der Waals surface area contributed by atoms with E-state index in [1.807, 2.05) is 12.1 Å². The van der Waals surface area contributed by atoms with Gasteiger partial charge in [0.2, 0.25) is 0 Å². The minimum absolute atomic E-state index is 0.332. The molecule has 0 saturated carbocycles. The zero-order valence-corrected chi connectivity index (χ0v) is 7.40. The molecule has 1 aliphatic heterocycles. The summed E-state index contributed by atoms with van der Waals surface area (Å²) in [4.78, 5) is 0. The van der Waals surface area contributed by atoms with E-state index < -0.39 is 0 Å². The quantitative estimate of drug-likeness (QED) is 0.667. The summed E-state index contributed by atoms with van der Waals surface area (Å²) in [5.74, 6) is 0.332. The monoisotopic (exact) mass is 175 g/mol. The maximum Gasteiger partial charge on any atom is 0.115 e. The van der Waals surface area contributed by atoms with Gasteiger partial charge in [-0.2, -0.15) is 0 Å². The molecule has 13 heavy (non-hydrogen) atoms. The van der Waals surface area contributed by atoms with Crippen molar-refractivity contribution in [3.05, 3.63) is 42.0 Å². The van der Waals surface area contributed by atoms with E-state index in [4.69, 9.17) is 5.11 Å². The minimum atomic E-state index is 0.332. The number of aromatic hydroxyl groups is 1. The first-order valence-corrected chi connectivity index (χ1v) is 4.52. The van der Waals surface area contributed by atoms with Gasteiger partial charge >= 0.3 is 0 Å². The van der Waals surface area contributed by atoms with E-state index in [1.165, 1.54) is 5.56 Å². The molecule has 1 unspecified atom stereocenters. The van der Waals surface area contributed by atoms with Crippen LogP contribution in [0.1, 0.15) is 5.56 Å². The van der Waals surface area contributed by atoms with Crippen molar-refractivity contribution in [3.8, 4) is 5.75 Å². The lowest BCUT2D eigenvalue weighted by Crippen LogP contribution is -2.24. The number of hydrogen-bond donors (Lipinski definition) is 2. The van der Waals surface area contributed by atoms with E-state index in [1.54, 1.807) is 12.1 Å². The average molecular weight is 175 g/mol. The van der Waals surface area contributed by atoms with Crippen molar-refractivity contribution in [1.82, 2.24) is 5.32 Å². The summed E-state index contributed by atoms with van der Waals surface area (Å²) in [5.41, 5.74) is 1.25. The van der Waals surface area contributed by atoms with Gasteiger partial charge in [-0.3, -0.25) is 0 Å². The Morgan fingerprint density at radius 1 is 1.31 bits per heavy atom. The predicted octanol–water partition coefficient (Wildman–Crippen LogP) is 1.46. The first-order chi connectivity index (χ1) is 6.34.